The summed E-state index contributed by atoms with van der Waals surface area (Å²) in [5, 5.41) is 6.88. The third kappa shape index (κ3) is 1.84. The smallest absolute Gasteiger partial charge is 0.123 e. The van der Waals surface area contributed by atoms with E-state index >= 15 is 0 Å². The summed E-state index contributed by atoms with van der Waals surface area (Å²) in [6.07, 6.45) is 3.59. The third-order valence-corrected chi connectivity index (χ3v) is 3.15. The molecule has 15 heavy (non-hydrogen) atoms. The molecule has 2 aliphatic rings. The van der Waals surface area contributed by atoms with Gasteiger partial charge in [-0.2, -0.15) is 0 Å². The predicted octanol–water partition coefficient (Wildman–Crippen LogP) is 2.43. The summed E-state index contributed by atoms with van der Waals surface area (Å²) >= 11 is 0. The Morgan fingerprint density at radius 1 is 1.27 bits per heavy atom. The second-order valence-corrected chi connectivity index (χ2v) is 4.44. The van der Waals surface area contributed by atoms with Crippen LogP contribution in [-0.2, 0) is 0 Å². The molecular formula is C12H15FN2. The van der Waals surface area contributed by atoms with E-state index in [1.165, 1.54) is 18.9 Å². The number of nitrogens with one attached hydrogen (secondary N) is 2. The molecule has 0 radical (unpaired) electrons. The first-order chi connectivity index (χ1) is 7.33. The molecule has 1 atom stereocenters. The highest BCUT2D eigenvalue weighted by atomic mass is 19.1. The van der Waals surface area contributed by atoms with Gasteiger partial charge in [-0.3, -0.25) is 0 Å². The van der Waals surface area contributed by atoms with E-state index < -0.39 is 0 Å². The number of rotatable bonds is 2. The Morgan fingerprint density at radius 3 is 2.93 bits per heavy atom. The average molecular weight is 206 g/mol. The van der Waals surface area contributed by atoms with E-state index in [2.05, 4.69) is 10.6 Å². The first-order valence-corrected chi connectivity index (χ1v) is 5.62. The second kappa shape index (κ2) is 3.49. The monoisotopic (exact) mass is 206 g/mol. The fraction of sp³-hybridized carbons (Fsp3) is 0.500. The highest BCUT2D eigenvalue weighted by Gasteiger charge is 2.28. The van der Waals surface area contributed by atoms with Crippen LogP contribution in [0.25, 0.3) is 0 Å². The van der Waals surface area contributed by atoms with Crippen LogP contribution in [0.3, 0.4) is 0 Å². The van der Waals surface area contributed by atoms with Crippen molar-refractivity contribution < 1.29 is 4.39 Å². The van der Waals surface area contributed by atoms with Gasteiger partial charge in [-0.15, -0.1) is 0 Å². The van der Waals surface area contributed by atoms with Crippen molar-refractivity contribution in [2.75, 3.05) is 11.9 Å². The lowest BCUT2D eigenvalue weighted by atomic mass is 9.97. The fourth-order valence-electron chi connectivity index (χ4n) is 2.20. The van der Waals surface area contributed by atoms with Crippen molar-refractivity contribution in [1.29, 1.82) is 0 Å². The molecule has 2 N–H and O–H groups in total. The van der Waals surface area contributed by atoms with Gasteiger partial charge in [-0.1, -0.05) is 0 Å². The minimum atomic E-state index is -0.139. The molecule has 1 aromatic rings. The highest BCUT2D eigenvalue weighted by Crippen LogP contribution is 2.33. The molecular weight excluding hydrogens is 191 g/mol. The summed E-state index contributed by atoms with van der Waals surface area (Å²) in [6, 6.07) is 6.02. The lowest BCUT2D eigenvalue weighted by Gasteiger charge is -2.27. The summed E-state index contributed by atoms with van der Waals surface area (Å²) in [6.45, 7) is 0.975. The lowest BCUT2D eigenvalue weighted by Crippen LogP contribution is -2.29. The van der Waals surface area contributed by atoms with Crippen molar-refractivity contribution in [2.45, 2.75) is 31.3 Å². The molecule has 3 rings (SSSR count). The number of hydrogen-bond donors (Lipinski definition) is 2. The molecule has 1 saturated carbocycles. The van der Waals surface area contributed by atoms with Gasteiger partial charge in [0.1, 0.15) is 5.82 Å². The van der Waals surface area contributed by atoms with Gasteiger partial charge in [-0.05, 0) is 43.0 Å². The van der Waals surface area contributed by atoms with E-state index in [1.807, 2.05) is 6.07 Å². The molecule has 1 aliphatic carbocycles. The molecule has 0 saturated heterocycles. The molecule has 1 heterocycles. The minimum Gasteiger partial charge on any atom is -0.385 e. The van der Waals surface area contributed by atoms with Crippen LogP contribution in [0.1, 0.15) is 30.9 Å². The Bertz CT molecular complexity index is 374. The summed E-state index contributed by atoms with van der Waals surface area (Å²) in [4.78, 5) is 0. The maximum atomic E-state index is 13.2. The topological polar surface area (TPSA) is 24.1 Å². The molecule has 0 aromatic heterocycles. The molecule has 0 amide bonds. The predicted molar refractivity (Wildman–Crippen MR) is 58.4 cm³/mol. The number of hydrogen-bond acceptors (Lipinski definition) is 2. The molecule has 0 bridgehead atoms. The van der Waals surface area contributed by atoms with E-state index in [1.54, 1.807) is 6.07 Å². The number of fused-ring (bicyclic) bond motifs is 1. The van der Waals surface area contributed by atoms with Crippen LogP contribution in [0.15, 0.2) is 18.2 Å². The summed E-state index contributed by atoms with van der Waals surface area (Å²) in [5.41, 5.74) is 2.17. The maximum Gasteiger partial charge on any atom is 0.123 e. The van der Waals surface area contributed by atoms with Crippen molar-refractivity contribution >= 4 is 5.69 Å². The van der Waals surface area contributed by atoms with Crippen molar-refractivity contribution in [1.82, 2.24) is 5.32 Å². The standard InChI is InChI=1S/C12H15FN2/c13-8-1-4-11-10(7-8)12(5-6-14-11)15-9-2-3-9/h1,4,7,9,12,14-15H,2-3,5-6H2. The molecule has 1 aliphatic heterocycles. The molecule has 1 fully saturated rings. The third-order valence-electron chi connectivity index (χ3n) is 3.15. The Labute approximate surface area is 88.9 Å². The first kappa shape index (κ1) is 9.16. The summed E-state index contributed by atoms with van der Waals surface area (Å²) in [5.74, 6) is -0.139. The van der Waals surface area contributed by atoms with E-state index in [0.29, 0.717) is 12.1 Å². The molecule has 1 aromatic carbocycles. The second-order valence-electron chi connectivity index (χ2n) is 4.44. The quantitative estimate of drug-likeness (QED) is 0.776. The van der Waals surface area contributed by atoms with Crippen LogP contribution in [0.4, 0.5) is 10.1 Å². The number of halogens is 1. The van der Waals surface area contributed by atoms with Crippen LogP contribution < -0.4 is 10.6 Å². The zero-order valence-electron chi connectivity index (χ0n) is 8.59. The van der Waals surface area contributed by atoms with Gasteiger partial charge in [0, 0.05) is 24.3 Å². The molecule has 80 valence electrons. The summed E-state index contributed by atoms with van der Waals surface area (Å²) < 4.78 is 13.2. The lowest BCUT2D eigenvalue weighted by molar-refractivity contribution is 0.494. The van der Waals surface area contributed by atoms with E-state index in [4.69, 9.17) is 0 Å². The van der Waals surface area contributed by atoms with Crippen LogP contribution in [0.2, 0.25) is 0 Å². The van der Waals surface area contributed by atoms with Gasteiger partial charge < -0.3 is 10.6 Å². The van der Waals surface area contributed by atoms with Gasteiger partial charge in [0.15, 0.2) is 0 Å². The molecule has 0 spiro atoms. The zero-order valence-corrected chi connectivity index (χ0v) is 8.59. The Hall–Kier alpha value is -1.09. The van der Waals surface area contributed by atoms with Crippen LogP contribution >= 0.6 is 0 Å². The van der Waals surface area contributed by atoms with E-state index in [-0.39, 0.29) is 5.82 Å². The van der Waals surface area contributed by atoms with E-state index in [9.17, 15) is 4.39 Å². The van der Waals surface area contributed by atoms with Crippen molar-refractivity contribution in [3.63, 3.8) is 0 Å². The highest BCUT2D eigenvalue weighted by molar-refractivity contribution is 5.54. The summed E-state index contributed by atoms with van der Waals surface area (Å²) in [7, 11) is 0. The molecule has 3 heteroatoms. The normalized spacial score (nSPS) is 24.5. The fourth-order valence-corrected chi connectivity index (χ4v) is 2.20. The average Bonchev–Trinajstić information content (AvgIpc) is 3.03. The Morgan fingerprint density at radius 2 is 2.13 bits per heavy atom. The molecule has 1 unspecified atom stereocenters. The first-order valence-electron chi connectivity index (χ1n) is 5.62. The van der Waals surface area contributed by atoms with Crippen LogP contribution in [0.5, 0.6) is 0 Å². The number of anilines is 1. The minimum absolute atomic E-state index is 0.139. The van der Waals surface area contributed by atoms with Gasteiger partial charge in [0.2, 0.25) is 0 Å². The molecule has 2 nitrogen and oxygen atoms in total. The van der Waals surface area contributed by atoms with Gasteiger partial charge in [0.25, 0.3) is 0 Å². The van der Waals surface area contributed by atoms with Crippen molar-refractivity contribution in [3.8, 4) is 0 Å². The maximum absolute atomic E-state index is 13.2. The van der Waals surface area contributed by atoms with Crippen LogP contribution in [0, 0.1) is 5.82 Å². The Kier molecular flexibility index (Phi) is 2.13. The SMILES string of the molecule is Fc1ccc2c(c1)C(NC1CC1)CCN2. The van der Waals surface area contributed by atoms with Gasteiger partial charge >= 0.3 is 0 Å². The van der Waals surface area contributed by atoms with Crippen molar-refractivity contribution in [2.24, 2.45) is 0 Å². The van der Waals surface area contributed by atoms with Crippen molar-refractivity contribution in [3.05, 3.63) is 29.6 Å². The van der Waals surface area contributed by atoms with E-state index in [0.717, 1.165) is 24.2 Å². The number of benzene rings is 1. The largest absolute Gasteiger partial charge is 0.385 e. The Balaban J connectivity index is 1.89. The van der Waals surface area contributed by atoms with Gasteiger partial charge in [-0.25, -0.2) is 4.39 Å². The van der Waals surface area contributed by atoms with Gasteiger partial charge in [0.05, 0.1) is 0 Å². The zero-order chi connectivity index (χ0) is 10.3. The van der Waals surface area contributed by atoms with Crippen LogP contribution in [-0.4, -0.2) is 12.6 Å².